The minimum atomic E-state index is 0.323. The second kappa shape index (κ2) is 45.8. The van der Waals surface area contributed by atoms with Gasteiger partial charge < -0.3 is 19.4 Å². The quantitative estimate of drug-likeness (QED) is 0.0712. The molecule has 0 amide bonds. The third-order valence-electron chi connectivity index (χ3n) is 27.8. The molecule has 12 heteroatoms. The maximum Gasteiger partial charge on any atom is 0.0594 e. The summed E-state index contributed by atoms with van der Waals surface area (Å²) in [4.78, 5) is 30.0. The van der Waals surface area contributed by atoms with Crippen molar-refractivity contribution in [3.05, 3.63) is 30.3 Å². The minimum absolute atomic E-state index is 0.323. The Morgan fingerprint density at radius 1 is 0.357 bits per heavy atom. The Hall–Kier alpha value is -1.42. The molecule has 0 aliphatic carbocycles. The molecule has 9 rings (SSSR count). The standard InChI is InChI=1S/C19H30N2.C19H40N2.C17H34N2.C16H35N3.C15H30N2O/c1-3-19(4-2)18(20-14-8-9-15-20)13-10-16-21(19)17-11-6-5-7-12-17;1-6-11-15-20(16-12-7-2)18-14-13-17-21(10-5)19(18,8-3)9-4;1-4-7-12-17(5-2)16(18-13-8-9-14-18)11-10-15-19(17)6-3;1-7-16(8-2)15(11-10-12-19(16)9-3)18(6)14-13-17(4)5;1-4-15(5-2)14(8-7-9-17(15)6-3)16-10-12-18-13-11-16/h5-7,11-12,18H,3-4,8-10,13-16H2,1-2H3;18H,6-17H2,1-5H3;16H,4-15H2,1-3H3;15H,7-14H2,1-6H3;14H,4-13H2,1-3H3. The minimum Gasteiger partial charge on any atom is -0.379 e. The van der Waals surface area contributed by atoms with E-state index in [2.05, 4.69) is 216 Å². The van der Waals surface area contributed by atoms with Gasteiger partial charge in [0.05, 0.1) is 18.8 Å². The number of hydrogen-bond donors (Lipinski definition) is 0. The summed E-state index contributed by atoms with van der Waals surface area (Å²) in [6.45, 7) is 63.6. The van der Waals surface area contributed by atoms with Crippen molar-refractivity contribution in [1.82, 2.24) is 49.0 Å². The zero-order chi connectivity index (χ0) is 71.6. The van der Waals surface area contributed by atoms with Crippen LogP contribution in [0.15, 0.2) is 30.3 Å². The lowest BCUT2D eigenvalue weighted by molar-refractivity contribution is -0.0728. The Kier molecular flexibility index (Phi) is 40.8. The molecule has 8 heterocycles. The highest BCUT2D eigenvalue weighted by atomic mass is 16.5. The first-order valence-electron chi connectivity index (χ1n) is 43.3. The van der Waals surface area contributed by atoms with E-state index in [1.54, 1.807) is 0 Å². The van der Waals surface area contributed by atoms with Crippen LogP contribution in [-0.4, -0.2) is 266 Å². The van der Waals surface area contributed by atoms with E-state index in [4.69, 9.17) is 4.74 Å². The molecule has 1 aromatic rings. The van der Waals surface area contributed by atoms with Gasteiger partial charge >= 0.3 is 0 Å². The topological polar surface area (TPSA) is 44.9 Å². The molecular formula is C86H169N11O. The lowest BCUT2D eigenvalue weighted by Crippen LogP contribution is -2.65. The number of likely N-dealkylation sites (tertiary alicyclic amines) is 6. The van der Waals surface area contributed by atoms with E-state index in [0.29, 0.717) is 27.7 Å². The summed E-state index contributed by atoms with van der Waals surface area (Å²) >= 11 is 0. The second-order valence-corrected chi connectivity index (χ2v) is 32.1. The van der Waals surface area contributed by atoms with Crippen LogP contribution in [0.2, 0.25) is 0 Å². The van der Waals surface area contributed by atoms with Crippen molar-refractivity contribution in [2.45, 2.75) is 361 Å². The number of nitrogens with zero attached hydrogens (tertiary/aromatic N) is 11. The molecule has 0 bridgehead atoms. The van der Waals surface area contributed by atoms with E-state index in [1.807, 2.05) is 0 Å². The van der Waals surface area contributed by atoms with E-state index >= 15 is 0 Å². The number of likely N-dealkylation sites (N-methyl/N-ethyl adjacent to an activating group) is 6. The van der Waals surface area contributed by atoms with Crippen LogP contribution in [0, 0.1) is 0 Å². The average molecular weight is 1370 g/mol. The monoisotopic (exact) mass is 1370 g/mol. The molecule has 8 aliphatic heterocycles. The summed E-state index contributed by atoms with van der Waals surface area (Å²) in [7, 11) is 6.66. The summed E-state index contributed by atoms with van der Waals surface area (Å²) in [5.41, 5.74) is 3.45. The molecule has 0 spiro atoms. The van der Waals surface area contributed by atoms with Gasteiger partial charge in [-0.1, -0.05) is 155 Å². The fourth-order valence-corrected chi connectivity index (χ4v) is 22.1. The van der Waals surface area contributed by atoms with Gasteiger partial charge in [-0.05, 0) is 292 Å². The van der Waals surface area contributed by atoms with Gasteiger partial charge in [-0.2, -0.15) is 0 Å². The molecule has 8 saturated heterocycles. The summed E-state index contributed by atoms with van der Waals surface area (Å²) in [6.07, 6.45) is 40.5. The fraction of sp³-hybridized carbons (Fsp3) is 0.930. The summed E-state index contributed by atoms with van der Waals surface area (Å²) in [6, 6.07) is 14.9. The van der Waals surface area contributed by atoms with Gasteiger partial charge in [0.25, 0.3) is 0 Å². The second-order valence-electron chi connectivity index (χ2n) is 32.1. The highest BCUT2D eigenvalue weighted by Crippen LogP contribution is 2.44. The molecule has 574 valence electrons. The lowest BCUT2D eigenvalue weighted by atomic mass is 9.75. The van der Waals surface area contributed by atoms with Crippen molar-refractivity contribution >= 4 is 5.69 Å². The van der Waals surface area contributed by atoms with Crippen LogP contribution >= 0.6 is 0 Å². The molecule has 0 aromatic heterocycles. The van der Waals surface area contributed by atoms with Gasteiger partial charge in [0.1, 0.15) is 0 Å². The van der Waals surface area contributed by atoms with E-state index in [1.165, 1.54) is 303 Å². The van der Waals surface area contributed by atoms with E-state index < -0.39 is 0 Å². The van der Waals surface area contributed by atoms with Crippen molar-refractivity contribution in [2.24, 2.45) is 0 Å². The molecule has 98 heavy (non-hydrogen) atoms. The van der Waals surface area contributed by atoms with Gasteiger partial charge in [0.2, 0.25) is 0 Å². The van der Waals surface area contributed by atoms with Gasteiger partial charge in [-0.15, -0.1) is 0 Å². The van der Waals surface area contributed by atoms with Crippen molar-refractivity contribution in [1.29, 1.82) is 0 Å². The zero-order valence-electron chi connectivity index (χ0n) is 69.2. The van der Waals surface area contributed by atoms with Gasteiger partial charge in [0.15, 0.2) is 0 Å². The Morgan fingerprint density at radius 3 is 1.14 bits per heavy atom. The first-order chi connectivity index (χ1) is 47.6. The van der Waals surface area contributed by atoms with Crippen LogP contribution in [0.25, 0.3) is 0 Å². The van der Waals surface area contributed by atoms with Crippen molar-refractivity contribution < 1.29 is 4.74 Å². The third-order valence-corrected chi connectivity index (χ3v) is 27.8. The van der Waals surface area contributed by atoms with Crippen molar-refractivity contribution in [3.8, 4) is 0 Å². The predicted octanol–water partition coefficient (Wildman–Crippen LogP) is 18.0. The van der Waals surface area contributed by atoms with Gasteiger partial charge in [-0.3, -0.25) is 39.2 Å². The number of piperidine rings is 5. The summed E-state index contributed by atoms with van der Waals surface area (Å²) < 4.78 is 5.52. The molecular weight excluding hydrogens is 1200 g/mol. The third kappa shape index (κ3) is 21.7. The lowest BCUT2D eigenvalue weighted by Gasteiger charge is -2.55. The smallest absolute Gasteiger partial charge is 0.0594 e. The summed E-state index contributed by atoms with van der Waals surface area (Å²) in [5.74, 6) is 0. The first-order valence-corrected chi connectivity index (χ1v) is 43.3. The van der Waals surface area contributed by atoms with Crippen molar-refractivity contribution in [3.63, 3.8) is 0 Å². The fourth-order valence-electron chi connectivity index (χ4n) is 22.1. The Labute approximate surface area is 611 Å². The highest BCUT2D eigenvalue weighted by molar-refractivity contribution is 5.50. The SMILES string of the molecule is CCC1(CC)C(N2CCCC2)CCCN1c1ccccc1.CCCCC1(CC)C(N2CCCC2)CCCN1CC.CCCCN(CCCC)C1CCCN(CC)C1(CC)CC.CCN1CCCC(N(C)CCN(C)C)C1(CC)CC.CCN1CCCC(N2CCOCC2)C1(CC)CC. The van der Waals surface area contributed by atoms with Crippen LogP contribution < -0.4 is 4.90 Å². The summed E-state index contributed by atoms with van der Waals surface area (Å²) in [5, 5.41) is 0. The van der Waals surface area contributed by atoms with E-state index in [-0.39, 0.29) is 0 Å². The van der Waals surface area contributed by atoms with Crippen LogP contribution in [-0.2, 0) is 4.74 Å². The molecule has 0 N–H and O–H groups in total. The molecule has 12 nitrogen and oxygen atoms in total. The predicted molar refractivity (Wildman–Crippen MR) is 430 cm³/mol. The van der Waals surface area contributed by atoms with Crippen LogP contribution in [0.5, 0.6) is 0 Å². The Bertz CT molecular complexity index is 2120. The number of unbranched alkanes of at least 4 members (excludes halogenated alkanes) is 3. The largest absolute Gasteiger partial charge is 0.379 e. The molecule has 6 atom stereocenters. The molecule has 0 saturated carbocycles. The van der Waals surface area contributed by atoms with Crippen molar-refractivity contribution in [2.75, 3.05) is 164 Å². The van der Waals surface area contributed by atoms with Crippen LogP contribution in [0.3, 0.4) is 0 Å². The number of hydrogen-bond acceptors (Lipinski definition) is 12. The normalized spacial score (nSPS) is 27.4. The number of morpholine rings is 1. The maximum absolute atomic E-state index is 5.52. The average Bonchev–Trinajstić information content (AvgIpc) is 1.17. The van der Waals surface area contributed by atoms with E-state index in [0.717, 1.165) is 63.1 Å². The number of para-hydroxylation sites is 1. The Morgan fingerprint density at radius 2 is 0.724 bits per heavy atom. The number of rotatable bonds is 31. The molecule has 8 fully saturated rings. The molecule has 1 aromatic carbocycles. The van der Waals surface area contributed by atoms with Crippen LogP contribution in [0.4, 0.5) is 5.69 Å². The molecule has 0 radical (unpaired) electrons. The molecule has 8 aliphatic rings. The number of ether oxygens (including phenoxy) is 1. The van der Waals surface area contributed by atoms with Gasteiger partial charge in [-0.25, -0.2) is 0 Å². The Balaban J connectivity index is 0.000000221. The number of benzene rings is 1. The maximum atomic E-state index is 5.52. The number of anilines is 1. The van der Waals surface area contributed by atoms with E-state index in [9.17, 15) is 0 Å². The molecule has 6 unspecified atom stereocenters. The highest BCUT2D eigenvalue weighted by Gasteiger charge is 2.51. The zero-order valence-corrected chi connectivity index (χ0v) is 69.2. The van der Waals surface area contributed by atoms with Crippen LogP contribution in [0.1, 0.15) is 303 Å². The first kappa shape index (κ1) is 87.2. The van der Waals surface area contributed by atoms with Gasteiger partial charge in [0, 0.05) is 90.8 Å².